The van der Waals surface area contributed by atoms with Crippen molar-refractivity contribution >= 4 is 5.88 Å². The summed E-state index contributed by atoms with van der Waals surface area (Å²) in [5.41, 5.74) is 1.23. The number of nitrogens with zero attached hydrogens (tertiary/aromatic N) is 5. The molecule has 0 radical (unpaired) electrons. The first-order chi connectivity index (χ1) is 13.2. The summed E-state index contributed by atoms with van der Waals surface area (Å²) in [5, 5.41) is 13.3. The van der Waals surface area contributed by atoms with Gasteiger partial charge in [0.15, 0.2) is 5.89 Å². The second-order valence-electron chi connectivity index (χ2n) is 6.44. The fraction of sp³-hybridized carbons (Fsp3) is 0.368. The molecule has 8 heteroatoms. The van der Waals surface area contributed by atoms with Crippen LogP contribution in [0.1, 0.15) is 36.2 Å². The van der Waals surface area contributed by atoms with Gasteiger partial charge in [-0.05, 0) is 37.1 Å². The van der Waals surface area contributed by atoms with Gasteiger partial charge in [-0.2, -0.15) is 10.2 Å². The number of anilines is 1. The number of rotatable bonds is 4. The first-order valence-electron chi connectivity index (χ1n) is 8.78. The Balaban J connectivity index is 1.44. The summed E-state index contributed by atoms with van der Waals surface area (Å²) in [5.74, 6) is 3.26. The molecule has 0 bridgehead atoms. The molecule has 0 saturated carbocycles. The Bertz CT molecular complexity index is 962. The molecular weight excluding hydrogens is 346 g/mol. The lowest BCUT2D eigenvalue weighted by Gasteiger charge is -2.29. The van der Waals surface area contributed by atoms with Gasteiger partial charge in [-0.15, -0.1) is 0 Å². The van der Waals surface area contributed by atoms with Crippen LogP contribution in [0.4, 0.5) is 5.88 Å². The van der Waals surface area contributed by atoms with E-state index in [1.807, 2.05) is 24.3 Å². The molecule has 4 rings (SSSR count). The number of piperidine rings is 1. The van der Waals surface area contributed by atoms with Crippen molar-refractivity contribution in [2.75, 3.05) is 25.1 Å². The maximum atomic E-state index is 9.20. The van der Waals surface area contributed by atoms with Crippen LogP contribution in [0.25, 0.3) is 11.4 Å². The second-order valence-corrected chi connectivity index (χ2v) is 6.44. The Hall–Kier alpha value is -3.34. The average molecular weight is 365 g/mol. The van der Waals surface area contributed by atoms with Gasteiger partial charge >= 0.3 is 0 Å². The molecule has 1 fully saturated rings. The highest BCUT2D eigenvalue weighted by molar-refractivity contribution is 5.55. The average Bonchev–Trinajstić information content (AvgIpc) is 3.35. The lowest BCUT2D eigenvalue weighted by Crippen LogP contribution is -2.33. The van der Waals surface area contributed by atoms with E-state index < -0.39 is 0 Å². The Morgan fingerprint density at radius 2 is 1.93 bits per heavy atom. The van der Waals surface area contributed by atoms with E-state index in [1.165, 1.54) is 0 Å². The highest BCUT2D eigenvalue weighted by atomic mass is 16.5. The molecule has 0 atom stereocenters. The molecule has 1 aliphatic heterocycles. The molecule has 138 valence electrons. The van der Waals surface area contributed by atoms with E-state index in [0.29, 0.717) is 29.2 Å². The first-order valence-corrected chi connectivity index (χ1v) is 8.78. The number of benzene rings is 1. The minimum absolute atomic E-state index is 0.190. The normalized spacial score (nSPS) is 14.9. The summed E-state index contributed by atoms with van der Waals surface area (Å²) in [7, 11) is 1.63. The van der Waals surface area contributed by atoms with Crippen LogP contribution in [0.15, 0.2) is 33.2 Å². The summed E-state index contributed by atoms with van der Waals surface area (Å²) >= 11 is 0. The zero-order valence-corrected chi connectivity index (χ0v) is 15.2. The van der Waals surface area contributed by atoms with E-state index in [-0.39, 0.29) is 5.92 Å². The molecule has 1 saturated heterocycles. The molecule has 3 aromatic rings. The standard InChI is InChI=1S/C19H19N5O3/c1-12-21-16(11-20)19(26-12)24-9-7-14(8-10-24)18-22-17(23-27-18)13-3-5-15(25-2)6-4-13/h3-6,14H,7-10H2,1-2H3. The predicted octanol–water partition coefficient (Wildman–Crippen LogP) is 3.30. The van der Waals surface area contributed by atoms with Crippen LogP contribution in [0.3, 0.4) is 0 Å². The number of ether oxygens (including phenoxy) is 1. The van der Waals surface area contributed by atoms with Crippen molar-refractivity contribution in [1.82, 2.24) is 15.1 Å². The zero-order chi connectivity index (χ0) is 18.8. The van der Waals surface area contributed by atoms with Gasteiger partial charge < -0.3 is 18.6 Å². The van der Waals surface area contributed by atoms with Gasteiger partial charge in [-0.3, -0.25) is 0 Å². The maximum Gasteiger partial charge on any atom is 0.234 e. The Morgan fingerprint density at radius 3 is 2.59 bits per heavy atom. The lowest BCUT2D eigenvalue weighted by molar-refractivity contribution is 0.326. The number of nitriles is 1. The minimum atomic E-state index is 0.190. The summed E-state index contributed by atoms with van der Waals surface area (Å²) in [6.45, 7) is 3.23. The molecule has 3 heterocycles. The molecule has 2 aromatic heterocycles. The fourth-order valence-electron chi connectivity index (χ4n) is 3.29. The third kappa shape index (κ3) is 3.36. The van der Waals surface area contributed by atoms with Gasteiger partial charge in [0.05, 0.1) is 7.11 Å². The van der Waals surface area contributed by atoms with Gasteiger partial charge in [0.1, 0.15) is 11.8 Å². The second kappa shape index (κ2) is 7.11. The molecule has 0 aliphatic carbocycles. The van der Waals surface area contributed by atoms with Crippen molar-refractivity contribution in [2.24, 2.45) is 0 Å². The highest BCUT2D eigenvalue weighted by Crippen LogP contribution is 2.32. The zero-order valence-electron chi connectivity index (χ0n) is 15.2. The SMILES string of the molecule is COc1ccc(-c2noc(C3CCN(c4oc(C)nc4C#N)CC3)n2)cc1. The maximum absolute atomic E-state index is 9.20. The molecule has 0 unspecified atom stereocenters. The van der Waals surface area contributed by atoms with E-state index in [2.05, 4.69) is 26.1 Å². The van der Waals surface area contributed by atoms with Crippen molar-refractivity contribution in [3.63, 3.8) is 0 Å². The van der Waals surface area contributed by atoms with E-state index in [1.54, 1.807) is 14.0 Å². The van der Waals surface area contributed by atoms with Gasteiger partial charge in [0.25, 0.3) is 0 Å². The largest absolute Gasteiger partial charge is 0.497 e. The molecule has 1 aromatic carbocycles. The number of methoxy groups -OCH3 is 1. The van der Waals surface area contributed by atoms with E-state index in [0.717, 1.165) is 37.2 Å². The van der Waals surface area contributed by atoms with Crippen LogP contribution >= 0.6 is 0 Å². The van der Waals surface area contributed by atoms with E-state index in [9.17, 15) is 5.26 Å². The molecule has 27 heavy (non-hydrogen) atoms. The number of aromatic nitrogens is 3. The van der Waals surface area contributed by atoms with Crippen LogP contribution in [-0.4, -0.2) is 35.3 Å². The predicted molar refractivity (Wildman–Crippen MR) is 96.4 cm³/mol. The molecule has 0 amide bonds. The molecule has 1 aliphatic rings. The third-order valence-electron chi connectivity index (χ3n) is 4.74. The summed E-state index contributed by atoms with van der Waals surface area (Å²) < 4.78 is 16.3. The summed E-state index contributed by atoms with van der Waals surface area (Å²) in [6, 6.07) is 9.65. The lowest BCUT2D eigenvalue weighted by atomic mass is 9.97. The van der Waals surface area contributed by atoms with Crippen LogP contribution in [0.5, 0.6) is 5.75 Å². The molecular formula is C19H19N5O3. The molecule has 0 N–H and O–H groups in total. The first kappa shape index (κ1) is 17.1. The summed E-state index contributed by atoms with van der Waals surface area (Å²) in [4.78, 5) is 10.7. The van der Waals surface area contributed by atoms with Gasteiger partial charge in [-0.1, -0.05) is 5.16 Å². The van der Waals surface area contributed by atoms with Crippen molar-refractivity contribution in [2.45, 2.75) is 25.7 Å². The number of hydrogen-bond donors (Lipinski definition) is 0. The van der Waals surface area contributed by atoms with Crippen molar-refractivity contribution < 1.29 is 13.7 Å². The van der Waals surface area contributed by atoms with E-state index >= 15 is 0 Å². The van der Waals surface area contributed by atoms with Crippen molar-refractivity contribution in [3.8, 4) is 23.2 Å². The quantitative estimate of drug-likeness (QED) is 0.694. The smallest absolute Gasteiger partial charge is 0.234 e. The summed E-state index contributed by atoms with van der Waals surface area (Å²) in [6.07, 6.45) is 1.68. The number of oxazole rings is 1. The fourth-order valence-corrected chi connectivity index (χ4v) is 3.29. The number of aryl methyl sites for hydroxylation is 1. The Morgan fingerprint density at radius 1 is 1.19 bits per heavy atom. The van der Waals surface area contributed by atoms with Gasteiger partial charge in [-0.25, -0.2) is 4.98 Å². The van der Waals surface area contributed by atoms with Gasteiger partial charge in [0, 0.05) is 31.5 Å². The Labute approximate surface area is 156 Å². The molecule has 8 nitrogen and oxygen atoms in total. The monoisotopic (exact) mass is 365 g/mol. The van der Waals surface area contributed by atoms with Crippen LogP contribution in [0.2, 0.25) is 0 Å². The Kier molecular flexibility index (Phi) is 4.50. The number of hydrogen-bond acceptors (Lipinski definition) is 8. The van der Waals surface area contributed by atoms with Crippen LogP contribution < -0.4 is 9.64 Å². The van der Waals surface area contributed by atoms with E-state index in [4.69, 9.17) is 13.7 Å². The highest BCUT2D eigenvalue weighted by Gasteiger charge is 2.28. The minimum Gasteiger partial charge on any atom is -0.497 e. The van der Waals surface area contributed by atoms with Crippen molar-refractivity contribution in [1.29, 1.82) is 5.26 Å². The molecule has 0 spiro atoms. The topological polar surface area (TPSA) is 101 Å². The van der Waals surface area contributed by atoms with Gasteiger partial charge in [0.2, 0.25) is 23.3 Å². The third-order valence-corrected chi connectivity index (χ3v) is 4.74. The van der Waals surface area contributed by atoms with Crippen molar-refractivity contribution in [3.05, 3.63) is 41.7 Å². The van der Waals surface area contributed by atoms with Crippen LogP contribution in [0, 0.1) is 18.3 Å². The van der Waals surface area contributed by atoms with Crippen LogP contribution in [-0.2, 0) is 0 Å².